The molecule has 0 saturated carbocycles. The number of hydrogen-bond donors (Lipinski definition) is 0. The van der Waals surface area contributed by atoms with Gasteiger partial charge in [0.2, 0.25) is 0 Å². The smallest absolute Gasteiger partial charge is 0.270 e. The van der Waals surface area contributed by atoms with Crippen molar-refractivity contribution in [3.63, 3.8) is 0 Å². The number of carbonyl (C=O) groups is 1. The number of thiocarbonyl (C=S) groups is 1. The molecule has 1 aromatic rings. The van der Waals surface area contributed by atoms with E-state index in [0.717, 1.165) is 37.3 Å². The van der Waals surface area contributed by atoms with Gasteiger partial charge in [0.25, 0.3) is 11.5 Å². The molecule has 8 heteroatoms. The molecule has 30 heavy (non-hydrogen) atoms. The average molecular weight is 445 g/mol. The van der Waals surface area contributed by atoms with Crippen molar-refractivity contribution in [3.8, 4) is 6.07 Å². The minimum atomic E-state index is -0.299. The van der Waals surface area contributed by atoms with Crippen LogP contribution in [0.1, 0.15) is 50.3 Å². The third-order valence-electron chi connectivity index (χ3n) is 5.73. The van der Waals surface area contributed by atoms with Gasteiger partial charge in [-0.15, -0.1) is 0 Å². The fourth-order valence-corrected chi connectivity index (χ4v) is 5.77. The second-order valence-electron chi connectivity index (χ2n) is 8.40. The number of aromatic nitrogens is 1. The van der Waals surface area contributed by atoms with E-state index in [2.05, 4.69) is 24.8 Å². The molecule has 2 unspecified atom stereocenters. The summed E-state index contributed by atoms with van der Waals surface area (Å²) < 4.78 is 2.12. The average Bonchev–Trinajstić information content (AvgIpc) is 2.93. The van der Waals surface area contributed by atoms with E-state index in [1.807, 2.05) is 13.0 Å². The maximum Gasteiger partial charge on any atom is 0.270 e. The minimum Gasteiger partial charge on any atom is -0.357 e. The quantitative estimate of drug-likeness (QED) is 0.521. The summed E-state index contributed by atoms with van der Waals surface area (Å²) in [5, 5.41) is 9.60. The molecule has 2 fully saturated rings. The van der Waals surface area contributed by atoms with E-state index < -0.39 is 0 Å². The Hall–Kier alpha value is -2.11. The van der Waals surface area contributed by atoms with Crippen LogP contribution in [0.25, 0.3) is 6.08 Å². The highest BCUT2D eigenvalue weighted by atomic mass is 32.2. The number of pyridine rings is 1. The third kappa shape index (κ3) is 4.06. The number of thioether (sulfide) groups is 1. The number of rotatable bonds is 4. The van der Waals surface area contributed by atoms with Crippen LogP contribution in [-0.2, 0) is 11.8 Å². The van der Waals surface area contributed by atoms with Gasteiger partial charge in [0.1, 0.15) is 21.8 Å². The number of anilines is 1. The Bertz CT molecular complexity index is 1010. The van der Waals surface area contributed by atoms with Crippen LogP contribution in [0.3, 0.4) is 0 Å². The molecule has 0 spiro atoms. The number of hydrogen-bond acceptors (Lipinski definition) is 6. The molecule has 3 heterocycles. The predicted octanol–water partition coefficient (Wildman–Crippen LogP) is 3.66. The van der Waals surface area contributed by atoms with Crippen molar-refractivity contribution in [2.24, 2.45) is 18.9 Å². The van der Waals surface area contributed by atoms with Crippen LogP contribution in [-0.4, -0.2) is 39.3 Å². The van der Waals surface area contributed by atoms with E-state index in [1.165, 1.54) is 11.8 Å². The molecule has 160 valence electrons. The lowest BCUT2D eigenvalue weighted by molar-refractivity contribution is -0.122. The summed E-state index contributed by atoms with van der Waals surface area (Å²) in [6.07, 6.45) is 3.79. The molecule has 0 radical (unpaired) electrons. The molecule has 2 atom stereocenters. The van der Waals surface area contributed by atoms with Crippen molar-refractivity contribution in [2.75, 3.05) is 24.5 Å². The number of carbonyl (C=O) groups excluding carboxylic acids is 1. The van der Waals surface area contributed by atoms with Gasteiger partial charge in [-0.1, -0.05) is 44.8 Å². The van der Waals surface area contributed by atoms with Gasteiger partial charge in [-0.25, -0.2) is 0 Å². The fraction of sp³-hybridized carbons (Fsp3) is 0.545. The molecule has 3 rings (SSSR count). The van der Waals surface area contributed by atoms with Crippen molar-refractivity contribution < 1.29 is 4.79 Å². The molecule has 2 saturated heterocycles. The summed E-state index contributed by atoms with van der Waals surface area (Å²) >= 11 is 6.69. The predicted molar refractivity (Wildman–Crippen MR) is 126 cm³/mol. The molecule has 2 aliphatic heterocycles. The maximum absolute atomic E-state index is 12.9. The molecular weight excluding hydrogens is 416 g/mol. The van der Waals surface area contributed by atoms with Crippen molar-refractivity contribution in [3.05, 3.63) is 31.9 Å². The van der Waals surface area contributed by atoms with Gasteiger partial charge in [0.05, 0.1) is 4.91 Å². The highest BCUT2D eigenvalue weighted by molar-refractivity contribution is 8.26. The lowest BCUT2D eigenvalue weighted by Crippen LogP contribution is -2.42. The van der Waals surface area contributed by atoms with E-state index in [1.54, 1.807) is 23.4 Å². The van der Waals surface area contributed by atoms with Gasteiger partial charge >= 0.3 is 0 Å². The SMILES string of the molecule is CCCN1C(=O)/C(=C\c2c(C)c(C#N)c(=O)n(C)c2N2CC(C)CC(C)C2)SC1=S. The molecule has 0 aromatic carbocycles. The van der Waals surface area contributed by atoms with Crippen LogP contribution in [0.5, 0.6) is 0 Å². The Morgan fingerprint density at radius 2 is 1.90 bits per heavy atom. The molecule has 1 aromatic heterocycles. The van der Waals surface area contributed by atoms with E-state index in [0.29, 0.717) is 33.2 Å². The van der Waals surface area contributed by atoms with Crippen LogP contribution in [0.15, 0.2) is 9.70 Å². The summed E-state index contributed by atoms with van der Waals surface area (Å²) in [4.78, 5) is 30.2. The largest absolute Gasteiger partial charge is 0.357 e. The number of nitrogens with zero attached hydrogens (tertiary/aromatic N) is 4. The summed E-state index contributed by atoms with van der Waals surface area (Å²) in [6.45, 7) is 10.5. The van der Waals surface area contributed by atoms with Crippen LogP contribution in [0.2, 0.25) is 0 Å². The van der Waals surface area contributed by atoms with Gasteiger partial charge in [0, 0.05) is 32.2 Å². The number of amides is 1. The number of piperidine rings is 1. The molecule has 0 N–H and O–H groups in total. The summed E-state index contributed by atoms with van der Waals surface area (Å²) in [6, 6.07) is 2.06. The Morgan fingerprint density at radius 1 is 1.27 bits per heavy atom. The second-order valence-corrected chi connectivity index (χ2v) is 10.1. The molecule has 1 amide bonds. The van der Waals surface area contributed by atoms with Crippen molar-refractivity contribution >= 4 is 46.1 Å². The van der Waals surface area contributed by atoms with Gasteiger partial charge in [0.15, 0.2) is 0 Å². The molecule has 6 nitrogen and oxygen atoms in total. The first-order chi connectivity index (χ1) is 14.2. The van der Waals surface area contributed by atoms with Crippen LogP contribution >= 0.6 is 24.0 Å². The second kappa shape index (κ2) is 8.94. The zero-order chi connectivity index (χ0) is 22.2. The van der Waals surface area contributed by atoms with Gasteiger partial charge in [-0.05, 0) is 43.2 Å². The minimum absolute atomic E-state index is 0.107. The van der Waals surface area contributed by atoms with E-state index in [9.17, 15) is 14.9 Å². The Morgan fingerprint density at radius 3 is 2.47 bits per heavy atom. The van der Waals surface area contributed by atoms with Gasteiger partial charge in [-0.2, -0.15) is 5.26 Å². The zero-order valence-corrected chi connectivity index (χ0v) is 19.8. The standard InChI is InChI=1S/C22H28N4O2S2/c1-6-7-26-21(28)18(30-22(26)29)9-16-15(4)17(10-23)20(27)24(5)19(16)25-11-13(2)8-14(3)12-25/h9,13-14H,6-8,11-12H2,1-5H3/b18-9+. The van der Waals surface area contributed by atoms with E-state index >= 15 is 0 Å². The first-order valence-electron chi connectivity index (χ1n) is 10.3. The topological polar surface area (TPSA) is 69.3 Å². The van der Waals surface area contributed by atoms with Crippen LogP contribution < -0.4 is 10.5 Å². The fourth-order valence-electron chi connectivity index (χ4n) is 4.48. The first kappa shape index (κ1) is 22.6. The summed E-state index contributed by atoms with van der Waals surface area (Å²) in [5.74, 6) is 1.66. The first-order valence-corrected chi connectivity index (χ1v) is 11.6. The van der Waals surface area contributed by atoms with E-state index in [4.69, 9.17) is 12.2 Å². The van der Waals surface area contributed by atoms with Crippen LogP contribution in [0.4, 0.5) is 5.82 Å². The zero-order valence-electron chi connectivity index (χ0n) is 18.2. The lowest BCUT2D eigenvalue weighted by atomic mass is 9.91. The maximum atomic E-state index is 12.9. The summed E-state index contributed by atoms with van der Waals surface area (Å²) in [5.41, 5.74) is 1.19. The Kier molecular flexibility index (Phi) is 6.73. The number of nitriles is 1. The van der Waals surface area contributed by atoms with Crippen molar-refractivity contribution in [2.45, 2.75) is 40.5 Å². The van der Waals surface area contributed by atoms with Gasteiger partial charge < -0.3 is 4.90 Å². The molecule has 2 aliphatic rings. The van der Waals surface area contributed by atoms with Crippen molar-refractivity contribution in [1.29, 1.82) is 5.26 Å². The normalized spacial score (nSPS) is 23.4. The van der Waals surface area contributed by atoms with Crippen LogP contribution in [0, 0.1) is 30.1 Å². The van der Waals surface area contributed by atoms with Crippen molar-refractivity contribution in [1.82, 2.24) is 9.47 Å². The lowest BCUT2D eigenvalue weighted by Gasteiger charge is -2.38. The molecular formula is C22H28N4O2S2. The monoisotopic (exact) mass is 444 g/mol. The Labute approximate surface area is 187 Å². The Balaban J connectivity index is 2.20. The summed E-state index contributed by atoms with van der Waals surface area (Å²) in [7, 11) is 1.71. The van der Waals surface area contributed by atoms with E-state index in [-0.39, 0.29) is 17.0 Å². The molecule has 0 aliphatic carbocycles. The third-order valence-corrected chi connectivity index (χ3v) is 7.11. The van der Waals surface area contributed by atoms with Gasteiger partial charge in [-0.3, -0.25) is 19.1 Å². The highest BCUT2D eigenvalue weighted by Crippen LogP contribution is 2.37. The highest BCUT2D eigenvalue weighted by Gasteiger charge is 2.33. The molecule has 0 bridgehead atoms.